The summed E-state index contributed by atoms with van der Waals surface area (Å²) < 4.78 is 6.96. The van der Waals surface area contributed by atoms with Gasteiger partial charge in [0.05, 0.1) is 7.11 Å². The minimum Gasteiger partial charge on any atom is -0.497 e. The molecule has 8 heteroatoms. The molecule has 1 aliphatic rings. The summed E-state index contributed by atoms with van der Waals surface area (Å²) in [5.74, 6) is 2.30. The molecule has 25 heavy (non-hydrogen) atoms. The maximum Gasteiger partial charge on any atom is 0.234 e. The lowest BCUT2D eigenvalue weighted by atomic mass is 10.2. The van der Waals surface area contributed by atoms with Crippen molar-refractivity contribution in [2.24, 2.45) is 0 Å². The standard InChI is InChI=1S/C17H19N5O2S/c1-24-13-6-2-11(3-7-13)10-18-14(23)8-9-15-21-22-16(12-4-5-12)19-20-17(22)25-15/h2-3,6-7,12H,4-5,8-10H2,1H3,(H,18,23). The van der Waals surface area contributed by atoms with Gasteiger partial charge in [0, 0.05) is 25.3 Å². The summed E-state index contributed by atoms with van der Waals surface area (Å²) in [5.41, 5.74) is 1.04. The molecule has 0 radical (unpaired) electrons. The summed E-state index contributed by atoms with van der Waals surface area (Å²) in [4.78, 5) is 12.9. The van der Waals surface area contributed by atoms with E-state index in [0.717, 1.165) is 27.1 Å². The molecule has 3 aromatic rings. The molecule has 1 fully saturated rings. The van der Waals surface area contributed by atoms with E-state index < -0.39 is 0 Å². The van der Waals surface area contributed by atoms with Crippen molar-refractivity contribution in [1.29, 1.82) is 0 Å². The van der Waals surface area contributed by atoms with Crippen LogP contribution in [0.2, 0.25) is 0 Å². The number of benzene rings is 1. The number of hydrogen-bond donors (Lipinski definition) is 1. The van der Waals surface area contributed by atoms with E-state index in [1.807, 2.05) is 28.8 Å². The fourth-order valence-electron chi connectivity index (χ4n) is 2.62. The van der Waals surface area contributed by atoms with Crippen LogP contribution in [0, 0.1) is 0 Å². The van der Waals surface area contributed by atoms with E-state index >= 15 is 0 Å². The number of amides is 1. The van der Waals surface area contributed by atoms with Crippen molar-refractivity contribution in [3.05, 3.63) is 40.7 Å². The van der Waals surface area contributed by atoms with Gasteiger partial charge in [0.25, 0.3) is 0 Å². The molecule has 130 valence electrons. The molecule has 2 aromatic heterocycles. The van der Waals surface area contributed by atoms with Crippen LogP contribution < -0.4 is 10.1 Å². The molecule has 7 nitrogen and oxygen atoms in total. The van der Waals surface area contributed by atoms with Crippen LogP contribution in [0.3, 0.4) is 0 Å². The van der Waals surface area contributed by atoms with E-state index in [0.29, 0.717) is 25.3 Å². The summed E-state index contributed by atoms with van der Waals surface area (Å²) in [5, 5.41) is 16.8. The van der Waals surface area contributed by atoms with E-state index in [4.69, 9.17) is 4.74 Å². The van der Waals surface area contributed by atoms with Crippen molar-refractivity contribution >= 4 is 22.2 Å². The summed E-state index contributed by atoms with van der Waals surface area (Å²) in [6, 6.07) is 7.67. The molecular formula is C17H19N5O2S. The van der Waals surface area contributed by atoms with Crippen molar-refractivity contribution < 1.29 is 9.53 Å². The lowest BCUT2D eigenvalue weighted by molar-refractivity contribution is -0.121. The van der Waals surface area contributed by atoms with Gasteiger partial charge >= 0.3 is 0 Å². The van der Waals surface area contributed by atoms with Crippen LogP contribution in [0.5, 0.6) is 5.75 Å². The Bertz CT molecular complexity index is 882. The molecule has 0 spiro atoms. The second-order valence-electron chi connectivity index (χ2n) is 6.15. The zero-order valence-electron chi connectivity index (χ0n) is 13.9. The minimum absolute atomic E-state index is 0.0178. The molecule has 2 heterocycles. The van der Waals surface area contributed by atoms with Crippen LogP contribution in [-0.4, -0.2) is 32.8 Å². The Kier molecular flexibility index (Phi) is 4.35. The fraction of sp³-hybridized carbons (Fsp3) is 0.412. The molecule has 1 N–H and O–H groups in total. The Labute approximate surface area is 149 Å². The fourth-order valence-corrected chi connectivity index (χ4v) is 3.46. The molecular weight excluding hydrogens is 338 g/mol. The SMILES string of the molecule is COc1ccc(CNC(=O)CCc2nn3c(C4CC4)nnc3s2)cc1. The average molecular weight is 357 g/mol. The van der Waals surface area contributed by atoms with Gasteiger partial charge in [-0.1, -0.05) is 23.5 Å². The summed E-state index contributed by atoms with van der Waals surface area (Å²) >= 11 is 1.51. The summed E-state index contributed by atoms with van der Waals surface area (Å²) in [6.07, 6.45) is 3.37. The first-order valence-electron chi connectivity index (χ1n) is 8.33. The van der Waals surface area contributed by atoms with Crippen LogP contribution in [0.4, 0.5) is 0 Å². The molecule has 1 amide bonds. The first-order valence-corrected chi connectivity index (χ1v) is 9.15. The van der Waals surface area contributed by atoms with Gasteiger partial charge in [-0.2, -0.15) is 9.61 Å². The van der Waals surface area contributed by atoms with Crippen molar-refractivity contribution in [2.75, 3.05) is 7.11 Å². The molecule has 0 atom stereocenters. The third-order valence-corrected chi connectivity index (χ3v) is 5.17. The van der Waals surface area contributed by atoms with Crippen LogP contribution in [0.15, 0.2) is 24.3 Å². The third-order valence-electron chi connectivity index (χ3n) is 4.21. The first-order chi connectivity index (χ1) is 12.2. The molecule has 1 saturated carbocycles. The predicted molar refractivity (Wildman–Crippen MR) is 93.8 cm³/mol. The van der Waals surface area contributed by atoms with Crippen molar-refractivity contribution in [3.8, 4) is 5.75 Å². The summed E-state index contributed by atoms with van der Waals surface area (Å²) in [6.45, 7) is 0.514. The quantitative estimate of drug-likeness (QED) is 0.702. The molecule has 0 aliphatic heterocycles. The van der Waals surface area contributed by atoms with E-state index in [2.05, 4.69) is 20.6 Å². The topological polar surface area (TPSA) is 81.4 Å². The Morgan fingerprint density at radius 2 is 2.12 bits per heavy atom. The normalized spacial score (nSPS) is 14.0. The molecule has 0 unspecified atom stereocenters. The number of nitrogens with zero attached hydrogens (tertiary/aromatic N) is 4. The number of fused-ring (bicyclic) bond motifs is 1. The molecule has 0 bridgehead atoms. The highest BCUT2D eigenvalue weighted by Gasteiger charge is 2.30. The lowest BCUT2D eigenvalue weighted by Gasteiger charge is -2.05. The van der Waals surface area contributed by atoms with Gasteiger partial charge in [-0.25, -0.2) is 0 Å². The zero-order valence-corrected chi connectivity index (χ0v) is 14.8. The Hall–Kier alpha value is -2.48. The predicted octanol–water partition coefficient (Wildman–Crippen LogP) is 2.32. The maximum absolute atomic E-state index is 12.1. The molecule has 1 aromatic carbocycles. The number of hydrogen-bond acceptors (Lipinski definition) is 6. The average Bonchev–Trinajstić information content (AvgIpc) is 3.28. The van der Waals surface area contributed by atoms with Gasteiger partial charge in [-0.15, -0.1) is 10.2 Å². The minimum atomic E-state index is 0.0178. The van der Waals surface area contributed by atoms with Crippen molar-refractivity contribution in [1.82, 2.24) is 25.1 Å². The highest BCUT2D eigenvalue weighted by Crippen LogP contribution is 2.39. The van der Waals surface area contributed by atoms with Gasteiger partial charge in [0.15, 0.2) is 5.82 Å². The Balaban J connectivity index is 1.29. The number of nitrogens with one attached hydrogen (secondary N) is 1. The van der Waals surface area contributed by atoms with E-state index in [1.54, 1.807) is 7.11 Å². The van der Waals surface area contributed by atoms with Gasteiger partial charge in [-0.05, 0) is 30.5 Å². The van der Waals surface area contributed by atoms with E-state index in [-0.39, 0.29) is 5.91 Å². The highest BCUT2D eigenvalue weighted by molar-refractivity contribution is 7.16. The lowest BCUT2D eigenvalue weighted by Crippen LogP contribution is -2.22. The van der Waals surface area contributed by atoms with Gasteiger partial charge < -0.3 is 10.1 Å². The maximum atomic E-state index is 12.1. The smallest absolute Gasteiger partial charge is 0.234 e. The number of carbonyl (C=O) groups is 1. The van der Waals surface area contributed by atoms with Crippen LogP contribution in [-0.2, 0) is 17.8 Å². The van der Waals surface area contributed by atoms with Gasteiger partial charge in [0.1, 0.15) is 10.8 Å². The second-order valence-corrected chi connectivity index (χ2v) is 7.19. The number of aromatic nitrogens is 4. The summed E-state index contributed by atoms with van der Waals surface area (Å²) in [7, 11) is 1.64. The van der Waals surface area contributed by atoms with Crippen LogP contribution in [0.1, 0.15) is 41.6 Å². The number of ether oxygens (including phenoxy) is 1. The number of carbonyl (C=O) groups excluding carboxylic acids is 1. The highest BCUT2D eigenvalue weighted by atomic mass is 32.1. The second kappa shape index (κ2) is 6.79. The zero-order chi connectivity index (χ0) is 17.2. The van der Waals surface area contributed by atoms with Crippen LogP contribution >= 0.6 is 11.3 Å². The van der Waals surface area contributed by atoms with E-state index in [1.165, 1.54) is 24.2 Å². The number of rotatable bonds is 7. The Morgan fingerprint density at radius 3 is 2.84 bits per heavy atom. The first kappa shape index (κ1) is 16.0. The van der Waals surface area contributed by atoms with Crippen molar-refractivity contribution in [2.45, 2.75) is 38.1 Å². The van der Waals surface area contributed by atoms with Crippen molar-refractivity contribution in [3.63, 3.8) is 0 Å². The van der Waals surface area contributed by atoms with Gasteiger partial charge in [0.2, 0.25) is 10.9 Å². The number of methoxy groups -OCH3 is 1. The molecule has 4 rings (SSSR count). The third kappa shape index (κ3) is 3.63. The monoisotopic (exact) mass is 357 g/mol. The van der Waals surface area contributed by atoms with Crippen LogP contribution in [0.25, 0.3) is 4.96 Å². The van der Waals surface area contributed by atoms with E-state index in [9.17, 15) is 4.79 Å². The largest absolute Gasteiger partial charge is 0.497 e. The van der Waals surface area contributed by atoms with Gasteiger partial charge in [-0.3, -0.25) is 4.79 Å². The Morgan fingerprint density at radius 1 is 1.32 bits per heavy atom. The molecule has 1 aliphatic carbocycles. The number of aryl methyl sites for hydroxylation is 1. The molecule has 0 saturated heterocycles.